The van der Waals surface area contributed by atoms with E-state index in [9.17, 15) is 4.79 Å². The number of benzene rings is 2. The summed E-state index contributed by atoms with van der Waals surface area (Å²) in [5.41, 5.74) is 2.61. The van der Waals surface area contributed by atoms with Crippen LogP contribution in [-0.4, -0.2) is 58.5 Å². The van der Waals surface area contributed by atoms with Crippen molar-refractivity contribution in [2.75, 3.05) is 32.0 Å². The van der Waals surface area contributed by atoms with Crippen LogP contribution in [0.5, 0.6) is 5.75 Å². The maximum Gasteiger partial charge on any atom is 0.254 e. The Morgan fingerprint density at radius 3 is 2.53 bits per heavy atom. The molecule has 2 aromatic carbocycles. The lowest BCUT2D eigenvalue weighted by molar-refractivity contribution is 0.0546. The summed E-state index contributed by atoms with van der Waals surface area (Å²) >= 11 is 0. The molecule has 1 amide bonds. The Hall–Kier alpha value is -3.45. The number of hydrogen-bond donors (Lipinski definition) is 1. The number of nitrogens with one attached hydrogen (secondary N) is 1. The lowest BCUT2D eigenvalue weighted by Crippen LogP contribution is -2.49. The van der Waals surface area contributed by atoms with Crippen LogP contribution in [0, 0.1) is 0 Å². The first-order valence-corrected chi connectivity index (χ1v) is 10.9. The molecule has 1 N–H and O–H groups in total. The van der Waals surface area contributed by atoms with Gasteiger partial charge in [-0.25, -0.2) is 9.97 Å². The first-order chi connectivity index (χ1) is 15.5. The van der Waals surface area contributed by atoms with E-state index in [1.54, 1.807) is 18.5 Å². The lowest BCUT2D eigenvalue weighted by atomic mass is 10.0. The standard InChI is InChI=1S/C25H29N5O2/c1-18(2)32-22-10-8-19(9-11-22)23-17-30(15-14-29(23)3)24(31)20-6-4-7-21(16-20)28-25-26-12-5-13-27-25/h4-13,16,18,23H,14-15,17H2,1-3H3,(H,26,27,28)/t23-/m1/s1. The monoisotopic (exact) mass is 431 g/mol. The Morgan fingerprint density at radius 1 is 1.06 bits per heavy atom. The molecule has 1 fully saturated rings. The maximum absolute atomic E-state index is 13.3. The fourth-order valence-corrected chi connectivity index (χ4v) is 3.86. The van der Waals surface area contributed by atoms with Crippen LogP contribution in [0.3, 0.4) is 0 Å². The molecule has 1 atom stereocenters. The van der Waals surface area contributed by atoms with Gasteiger partial charge in [0.25, 0.3) is 5.91 Å². The fourth-order valence-electron chi connectivity index (χ4n) is 3.86. The highest BCUT2D eigenvalue weighted by Gasteiger charge is 2.29. The first-order valence-electron chi connectivity index (χ1n) is 10.9. The van der Waals surface area contributed by atoms with Crippen LogP contribution < -0.4 is 10.1 Å². The minimum absolute atomic E-state index is 0.0282. The van der Waals surface area contributed by atoms with Gasteiger partial charge in [-0.3, -0.25) is 9.69 Å². The topological polar surface area (TPSA) is 70.6 Å². The van der Waals surface area contributed by atoms with E-state index >= 15 is 0 Å². The molecule has 7 heteroatoms. The summed E-state index contributed by atoms with van der Waals surface area (Å²) in [6.07, 6.45) is 3.50. The molecule has 0 radical (unpaired) electrons. The molecule has 0 spiro atoms. The molecule has 1 aromatic heterocycles. The molecule has 0 aliphatic carbocycles. The second kappa shape index (κ2) is 9.78. The average molecular weight is 432 g/mol. The second-order valence-corrected chi connectivity index (χ2v) is 8.26. The van der Waals surface area contributed by atoms with E-state index in [4.69, 9.17) is 4.74 Å². The number of piperazine rings is 1. The van der Waals surface area contributed by atoms with Crippen molar-refractivity contribution in [2.24, 2.45) is 0 Å². The van der Waals surface area contributed by atoms with Gasteiger partial charge < -0.3 is 15.0 Å². The number of aromatic nitrogens is 2. The van der Waals surface area contributed by atoms with Crippen LogP contribution in [0.15, 0.2) is 67.0 Å². The number of likely N-dealkylation sites (N-methyl/N-ethyl adjacent to an activating group) is 1. The highest BCUT2D eigenvalue weighted by molar-refractivity contribution is 5.95. The van der Waals surface area contributed by atoms with Crippen molar-refractivity contribution in [1.29, 1.82) is 0 Å². The van der Waals surface area contributed by atoms with Gasteiger partial charge in [0.1, 0.15) is 5.75 Å². The van der Waals surface area contributed by atoms with Gasteiger partial charge in [0.05, 0.1) is 12.1 Å². The normalized spacial score (nSPS) is 16.8. The summed E-state index contributed by atoms with van der Waals surface area (Å²) in [5, 5.41) is 3.15. The van der Waals surface area contributed by atoms with Crippen LogP contribution in [0.25, 0.3) is 0 Å². The van der Waals surface area contributed by atoms with Crippen molar-refractivity contribution in [1.82, 2.24) is 19.8 Å². The molecule has 2 heterocycles. The van der Waals surface area contributed by atoms with Crippen molar-refractivity contribution in [3.63, 3.8) is 0 Å². The first kappa shape index (κ1) is 21.8. The second-order valence-electron chi connectivity index (χ2n) is 8.26. The van der Waals surface area contributed by atoms with Gasteiger partial charge >= 0.3 is 0 Å². The molecular weight excluding hydrogens is 402 g/mol. The van der Waals surface area contributed by atoms with Gasteiger partial charge in [0, 0.05) is 43.3 Å². The molecule has 32 heavy (non-hydrogen) atoms. The Kier molecular flexibility index (Phi) is 6.66. The zero-order chi connectivity index (χ0) is 22.5. The van der Waals surface area contributed by atoms with Gasteiger partial charge in [-0.05, 0) is 62.9 Å². The third kappa shape index (κ3) is 5.23. The number of amides is 1. The SMILES string of the molecule is CC(C)Oc1ccc([C@H]2CN(C(=O)c3cccc(Nc4ncccn4)c3)CCN2C)cc1. The van der Waals surface area contributed by atoms with E-state index in [0.29, 0.717) is 24.6 Å². The molecule has 166 valence electrons. The van der Waals surface area contributed by atoms with E-state index < -0.39 is 0 Å². The molecule has 0 saturated carbocycles. The van der Waals surface area contributed by atoms with Crippen LogP contribution in [0.2, 0.25) is 0 Å². The maximum atomic E-state index is 13.3. The van der Waals surface area contributed by atoms with Gasteiger partial charge in [-0.2, -0.15) is 0 Å². The van der Waals surface area contributed by atoms with Crippen molar-refractivity contribution < 1.29 is 9.53 Å². The Labute approximate surface area is 189 Å². The molecule has 1 aliphatic rings. The molecule has 0 bridgehead atoms. The van der Waals surface area contributed by atoms with Gasteiger partial charge in [0.15, 0.2) is 0 Å². The largest absolute Gasteiger partial charge is 0.491 e. The highest BCUT2D eigenvalue weighted by atomic mass is 16.5. The molecule has 0 unspecified atom stereocenters. The highest BCUT2D eigenvalue weighted by Crippen LogP contribution is 2.27. The number of ether oxygens (including phenoxy) is 1. The van der Waals surface area contributed by atoms with Crippen LogP contribution in [-0.2, 0) is 0 Å². The van der Waals surface area contributed by atoms with Crippen LogP contribution in [0.1, 0.15) is 35.8 Å². The van der Waals surface area contributed by atoms with Crippen molar-refractivity contribution in [3.05, 3.63) is 78.1 Å². The number of carbonyl (C=O) groups excluding carboxylic acids is 1. The predicted octanol–water partition coefficient (Wildman–Crippen LogP) is 4.14. The molecular formula is C25H29N5O2. The van der Waals surface area contributed by atoms with E-state index in [-0.39, 0.29) is 18.1 Å². The minimum atomic E-state index is 0.0282. The van der Waals surface area contributed by atoms with E-state index in [2.05, 4.69) is 39.4 Å². The van der Waals surface area contributed by atoms with Gasteiger partial charge in [-0.15, -0.1) is 0 Å². The Balaban J connectivity index is 1.47. The summed E-state index contributed by atoms with van der Waals surface area (Å²) in [4.78, 5) is 25.9. The predicted molar refractivity (Wildman–Crippen MR) is 125 cm³/mol. The summed E-state index contributed by atoms with van der Waals surface area (Å²) in [6, 6.07) is 17.6. The van der Waals surface area contributed by atoms with Crippen molar-refractivity contribution >= 4 is 17.5 Å². The third-order valence-electron chi connectivity index (χ3n) is 5.50. The van der Waals surface area contributed by atoms with Gasteiger partial charge in [0.2, 0.25) is 5.95 Å². The van der Waals surface area contributed by atoms with E-state index in [0.717, 1.165) is 18.0 Å². The lowest BCUT2D eigenvalue weighted by Gasteiger charge is -2.39. The number of hydrogen-bond acceptors (Lipinski definition) is 6. The summed E-state index contributed by atoms with van der Waals surface area (Å²) in [7, 11) is 2.11. The molecule has 1 saturated heterocycles. The van der Waals surface area contributed by atoms with E-state index in [1.807, 2.05) is 55.1 Å². The third-order valence-corrected chi connectivity index (χ3v) is 5.50. The van der Waals surface area contributed by atoms with Crippen LogP contribution in [0.4, 0.5) is 11.6 Å². The van der Waals surface area contributed by atoms with Crippen molar-refractivity contribution in [2.45, 2.75) is 26.0 Å². The van der Waals surface area contributed by atoms with Gasteiger partial charge in [-0.1, -0.05) is 18.2 Å². The fraction of sp³-hybridized carbons (Fsp3) is 0.320. The zero-order valence-corrected chi connectivity index (χ0v) is 18.7. The summed E-state index contributed by atoms with van der Waals surface area (Å²) in [5.74, 6) is 1.39. The number of carbonyl (C=O) groups is 1. The Bertz CT molecular complexity index is 1040. The van der Waals surface area contributed by atoms with Crippen molar-refractivity contribution in [3.8, 4) is 5.75 Å². The number of anilines is 2. The quantitative estimate of drug-likeness (QED) is 0.633. The van der Waals surface area contributed by atoms with Crippen LogP contribution >= 0.6 is 0 Å². The molecule has 3 aromatic rings. The summed E-state index contributed by atoms with van der Waals surface area (Å²) in [6.45, 7) is 6.18. The molecule has 7 nitrogen and oxygen atoms in total. The molecule has 1 aliphatic heterocycles. The summed E-state index contributed by atoms with van der Waals surface area (Å²) < 4.78 is 5.76. The number of nitrogens with zero attached hydrogens (tertiary/aromatic N) is 4. The Morgan fingerprint density at radius 2 is 1.81 bits per heavy atom. The zero-order valence-electron chi connectivity index (χ0n) is 18.7. The molecule has 4 rings (SSSR count). The van der Waals surface area contributed by atoms with E-state index in [1.165, 1.54) is 5.56 Å². The minimum Gasteiger partial charge on any atom is -0.491 e. The number of rotatable bonds is 6. The smallest absolute Gasteiger partial charge is 0.254 e. The average Bonchev–Trinajstić information content (AvgIpc) is 2.80.